The molecule has 0 saturated carbocycles. The van der Waals surface area contributed by atoms with Crippen molar-refractivity contribution in [3.05, 3.63) is 39.8 Å². The van der Waals surface area contributed by atoms with Crippen molar-refractivity contribution in [2.75, 3.05) is 27.3 Å². The average molecular weight is 377 g/mol. The summed E-state index contributed by atoms with van der Waals surface area (Å²) in [6.45, 7) is 6.31. The van der Waals surface area contributed by atoms with Crippen LogP contribution in [-0.2, 0) is 19.4 Å². The van der Waals surface area contributed by atoms with Gasteiger partial charge >= 0.3 is 0 Å². The molecule has 7 heteroatoms. The summed E-state index contributed by atoms with van der Waals surface area (Å²) in [4.78, 5) is 9.25. The molecule has 0 fully saturated rings. The lowest BCUT2D eigenvalue weighted by molar-refractivity contribution is 0.391. The lowest BCUT2D eigenvalue weighted by Gasteiger charge is -2.12. The largest absolute Gasteiger partial charge is 0.497 e. The summed E-state index contributed by atoms with van der Waals surface area (Å²) < 4.78 is 10.7. The lowest BCUT2D eigenvalue weighted by atomic mass is 10.2. The molecule has 0 aliphatic rings. The van der Waals surface area contributed by atoms with Crippen molar-refractivity contribution >= 4 is 17.3 Å². The highest BCUT2D eigenvalue weighted by Crippen LogP contribution is 2.25. The van der Waals surface area contributed by atoms with Crippen LogP contribution in [0.5, 0.6) is 11.5 Å². The van der Waals surface area contributed by atoms with Gasteiger partial charge in [-0.2, -0.15) is 0 Å². The topological polar surface area (TPSA) is 67.8 Å². The molecule has 1 heterocycles. The molecule has 0 aliphatic heterocycles. The number of nitrogens with one attached hydrogen (secondary N) is 2. The minimum atomic E-state index is 0.527. The van der Waals surface area contributed by atoms with Crippen molar-refractivity contribution in [1.82, 2.24) is 15.6 Å². The van der Waals surface area contributed by atoms with E-state index in [1.165, 1.54) is 5.01 Å². The summed E-state index contributed by atoms with van der Waals surface area (Å²) in [5.41, 5.74) is 2.14. The first-order chi connectivity index (χ1) is 12.7. The number of guanidine groups is 1. The standard InChI is InChI=1S/C19H28N4O2S/c1-5-18-23-15(13-26-18)9-10-21-19(20-6-2)22-12-14-7-8-16(24-3)11-17(14)25-4/h7-8,11,13H,5-6,9-10,12H2,1-4H3,(H2,20,21,22). The molecule has 2 rings (SSSR count). The number of benzene rings is 1. The van der Waals surface area contributed by atoms with Crippen molar-refractivity contribution in [2.24, 2.45) is 4.99 Å². The first-order valence-corrected chi connectivity index (χ1v) is 9.74. The highest BCUT2D eigenvalue weighted by atomic mass is 32.1. The number of methoxy groups -OCH3 is 2. The predicted octanol–water partition coefficient (Wildman–Crippen LogP) is 3.02. The van der Waals surface area contributed by atoms with Crippen LogP contribution in [0.1, 0.15) is 30.1 Å². The van der Waals surface area contributed by atoms with Gasteiger partial charge in [-0.15, -0.1) is 11.3 Å². The maximum Gasteiger partial charge on any atom is 0.191 e. The van der Waals surface area contributed by atoms with Crippen molar-refractivity contribution in [2.45, 2.75) is 33.2 Å². The first kappa shape index (κ1) is 20.0. The number of nitrogens with zero attached hydrogens (tertiary/aromatic N) is 2. The van der Waals surface area contributed by atoms with Crippen LogP contribution in [0, 0.1) is 0 Å². The van der Waals surface area contributed by atoms with Gasteiger partial charge in [0.1, 0.15) is 11.5 Å². The van der Waals surface area contributed by atoms with E-state index in [-0.39, 0.29) is 0 Å². The van der Waals surface area contributed by atoms with Gasteiger partial charge in [0.15, 0.2) is 5.96 Å². The zero-order valence-corrected chi connectivity index (χ0v) is 16.8. The molecule has 2 aromatic rings. The van der Waals surface area contributed by atoms with Gasteiger partial charge in [-0.25, -0.2) is 9.98 Å². The molecule has 0 bridgehead atoms. The third-order valence-electron chi connectivity index (χ3n) is 3.82. The quantitative estimate of drug-likeness (QED) is 0.520. The molecule has 26 heavy (non-hydrogen) atoms. The van der Waals surface area contributed by atoms with Crippen LogP contribution in [-0.4, -0.2) is 38.3 Å². The van der Waals surface area contributed by atoms with E-state index in [1.807, 2.05) is 18.2 Å². The van der Waals surface area contributed by atoms with Crippen LogP contribution in [0.2, 0.25) is 0 Å². The summed E-state index contributed by atoms with van der Waals surface area (Å²) >= 11 is 1.72. The Kier molecular flexibility index (Phi) is 8.21. The number of aliphatic imine (C=N–C) groups is 1. The number of ether oxygens (including phenoxy) is 2. The molecule has 0 saturated heterocycles. The zero-order chi connectivity index (χ0) is 18.8. The Labute approximate surface area is 159 Å². The van der Waals surface area contributed by atoms with Gasteiger partial charge in [0.2, 0.25) is 0 Å². The smallest absolute Gasteiger partial charge is 0.191 e. The second kappa shape index (κ2) is 10.7. The fourth-order valence-electron chi connectivity index (χ4n) is 2.42. The Morgan fingerprint density at radius 3 is 2.69 bits per heavy atom. The molecule has 0 radical (unpaired) electrons. The Balaban J connectivity index is 1.95. The van der Waals surface area contributed by atoms with Crippen molar-refractivity contribution in [1.29, 1.82) is 0 Å². The van der Waals surface area contributed by atoms with Crippen molar-refractivity contribution < 1.29 is 9.47 Å². The second-order valence-corrected chi connectivity index (χ2v) is 6.58. The van der Waals surface area contributed by atoms with E-state index in [4.69, 9.17) is 9.47 Å². The van der Waals surface area contributed by atoms with E-state index in [2.05, 4.69) is 39.8 Å². The molecule has 0 unspecified atom stereocenters. The number of hydrogen-bond donors (Lipinski definition) is 2. The number of aromatic nitrogens is 1. The molecule has 1 aromatic carbocycles. The van der Waals surface area contributed by atoms with Gasteiger partial charge in [0.25, 0.3) is 0 Å². The molecule has 0 atom stereocenters. The van der Waals surface area contributed by atoms with Gasteiger partial charge in [0, 0.05) is 36.5 Å². The van der Waals surface area contributed by atoms with Gasteiger partial charge in [-0.1, -0.05) is 6.92 Å². The van der Waals surface area contributed by atoms with Crippen LogP contribution in [0.15, 0.2) is 28.6 Å². The first-order valence-electron chi connectivity index (χ1n) is 8.86. The monoisotopic (exact) mass is 376 g/mol. The summed E-state index contributed by atoms with van der Waals surface area (Å²) in [7, 11) is 3.30. The molecule has 2 N–H and O–H groups in total. The summed E-state index contributed by atoms with van der Waals surface area (Å²) in [6.07, 6.45) is 1.87. The highest BCUT2D eigenvalue weighted by Gasteiger charge is 2.06. The number of rotatable bonds is 9. The minimum absolute atomic E-state index is 0.527. The van der Waals surface area contributed by atoms with E-state index in [9.17, 15) is 0 Å². The Morgan fingerprint density at radius 1 is 1.19 bits per heavy atom. The molecular formula is C19H28N4O2S. The maximum absolute atomic E-state index is 5.43. The lowest BCUT2D eigenvalue weighted by Crippen LogP contribution is -2.38. The average Bonchev–Trinajstić information content (AvgIpc) is 3.14. The van der Waals surface area contributed by atoms with E-state index in [0.29, 0.717) is 6.54 Å². The Hall–Kier alpha value is -2.28. The fourth-order valence-corrected chi connectivity index (χ4v) is 3.20. The SMILES string of the molecule is CCNC(=NCc1ccc(OC)cc1OC)NCCc1csc(CC)n1. The second-order valence-electron chi connectivity index (χ2n) is 5.64. The van der Waals surface area contributed by atoms with Crippen LogP contribution in [0.3, 0.4) is 0 Å². The molecule has 1 aromatic heterocycles. The van der Waals surface area contributed by atoms with Crippen molar-refractivity contribution in [3.8, 4) is 11.5 Å². The number of aryl methyl sites for hydroxylation is 1. The van der Waals surface area contributed by atoms with Gasteiger partial charge < -0.3 is 20.1 Å². The van der Waals surface area contributed by atoms with Gasteiger partial charge in [-0.3, -0.25) is 0 Å². The van der Waals surface area contributed by atoms with Gasteiger partial charge in [-0.05, 0) is 25.5 Å². The summed E-state index contributed by atoms with van der Waals surface area (Å²) in [5.74, 6) is 2.34. The van der Waals surface area contributed by atoms with Crippen LogP contribution < -0.4 is 20.1 Å². The maximum atomic E-state index is 5.43. The number of hydrogen-bond acceptors (Lipinski definition) is 5. The Bertz CT molecular complexity index is 715. The van der Waals surface area contributed by atoms with Crippen LogP contribution >= 0.6 is 11.3 Å². The number of thiazole rings is 1. The normalized spacial score (nSPS) is 11.3. The van der Waals surface area contributed by atoms with Crippen molar-refractivity contribution in [3.63, 3.8) is 0 Å². The van der Waals surface area contributed by atoms with E-state index >= 15 is 0 Å². The Morgan fingerprint density at radius 2 is 2.04 bits per heavy atom. The summed E-state index contributed by atoms with van der Waals surface area (Å²) in [5, 5.41) is 9.95. The van der Waals surface area contributed by atoms with E-state index < -0.39 is 0 Å². The molecule has 0 amide bonds. The summed E-state index contributed by atoms with van der Waals surface area (Å²) in [6, 6.07) is 5.77. The molecule has 0 spiro atoms. The molecule has 0 aliphatic carbocycles. The van der Waals surface area contributed by atoms with Crippen LogP contribution in [0.25, 0.3) is 0 Å². The fraction of sp³-hybridized carbons (Fsp3) is 0.474. The third kappa shape index (κ3) is 5.91. The van der Waals surface area contributed by atoms with E-state index in [0.717, 1.165) is 54.6 Å². The molecule has 6 nitrogen and oxygen atoms in total. The van der Waals surface area contributed by atoms with Gasteiger partial charge in [0.05, 0.1) is 31.5 Å². The third-order valence-corrected chi connectivity index (χ3v) is 4.86. The van der Waals surface area contributed by atoms with E-state index in [1.54, 1.807) is 25.6 Å². The predicted molar refractivity (Wildman–Crippen MR) is 108 cm³/mol. The molecular weight excluding hydrogens is 348 g/mol. The minimum Gasteiger partial charge on any atom is -0.497 e. The highest BCUT2D eigenvalue weighted by molar-refractivity contribution is 7.09. The zero-order valence-electron chi connectivity index (χ0n) is 16.0. The molecule has 142 valence electrons. The van der Waals surface area contributed by atoms with Crippen LogP contribution in [0.4, 0.5) is 0 Å².